The molecule has 0 bridgehead atoms. The predicted molar refractivity (Wildman–Crippen MR) is 125 cm³/mol. The van der Waals surface area contributed by atoms with Gasteiger partial charge in [-0.15, -0.1) is 0 Å². The summed E-state index contributed by atoms with van der Waals surface area (Å²) >= 11 is 0. The van der Waals surface area contributed by atoms with Crippen molar-refractivity contribution >= 4 is 17.1 Å². The van der Waals surface area contributed by atoms with Gasteiger partial charge in [0.05, 0.1) is 31.3 Å². The van der Waals surface area contributed by atoms with Gasteiger partial charge in [0.25, 0.3) is 5.56 Å². The monoisotopic (exact) mass is 440 g/mol. The van der Waals surface area contributed by atoms with Crippen LogP contribution in [-0.4, -0.2) is 36.7 Å². The fourth-order valence-corrected chi connectivity index (χ4v) is 3.35. The number of nitrogens with zero attached hydrogens (tertiary/aromatic N) is 4. The summed E-state index contributed by atoms with van der Waals surface area (Å²) in [7, 11) is 2.97. The highest BCUT2D eigenvalue weighted by molar-refractivity contribution is 5.83. The van der Waals surface area contributed by atoms with E-state index in [2.05, 4.69) is 10.1 Å². The molecule has 0 aliphatic carbocycles. The average molecular weight is 440 g/mol. The second kappa shape index (κ2) is 9.66. The van der Waals surface area contributed by atoms with Gasteiger partial charge in [-0.1, -0.05) is 42.5 Å². The van der Waals surface area contributed by atoms with E-state index in [1.165, 1.54) is 25.1 Å². The average Bonchev–Trinajstić information content (AvgIpc) is 2.87. The molecule has 0 spiro atoms. The van der Waals surface area contributed by atoms with Gasteiger partial charge in [0.1, 0.15) is 6.07 Å². The van der Waals surface area contributed by atoms with Crippen molar-refractivity contribution in [3.63, 3.8) is 0 Å². The molecule has 8 nitrogen and oxygen atoms in total. The van der Waals surface area contributed by atoms with E-state index >= 15 is 0 Å². The number of hydrogen-bond donors (Lipinski definition) is 0. The van der Waals surface area contributed by atoms with Crippen molar-refractivity contribution in [3.05, 3.63) is 82.6 Å². The molecule has 8 heteroatoms. The third kappa shape index (κ3) is 4.38. The molecule has 0 saturated carbocycles. The zero-order chi connectivity index (χ0) is 23.2. The summed E-state index contributed by atoms with van der Waals surface area (Å²) in [6.07, 6.45) is 1.52. The van der Waals surface area contributed by atoms with Crippen molar-refractivity contribution in [3.8, 4) is 34.7 Å². The Bertz CT molecular complexity index is 1400. The van der Waals surface area contributed by atoms with Crippen LogP contribution in [0.2, 0.25) is 0 Å². The van der Waals surface area contributed by atoms with Crippen molar-refractivity contribution in [1.82, 2.24) is 9.66 Å². The van der Waals surface area contributed by atoms with Crippen LogP contribution in [0.4, 0.5) is 0 Å². The van der Waals surface area contributed by atoms with Gasteiger partial charge >= 0.3 is 0 Å². The lowest BCUT2D eigenvalue weighted by molar-refractivity contribution is 0.303. The summed E-state index contributed by atoms with van der Waals surface area (Å²) in [4.78, 5) is 18.0. The van der Waals surface area contributed by atoms with Crippen LogP contribution in [0, 0.1) is 11.3 Å². The van der Waals surface area contributed by atoms with Crippen LogP contribution in [0.3, 0.4) is 0 Å². The van der Waals surface area contributed by atoms with Gasteiger partial charge in [-0.25, -0.2) is 4.98 Å². The van der Waals surface area contributed by atoms with Crippen LogP contribution >= 0.6 is 0 Å². The molecule has 0 atom stereocenters. The standard InChI is InChI=1S/C25H20N4O4/c1-31-21-14-17(15-22(32-2)23(21)33-13-12-26)16-27-29-24(18-8-4-3-5-9-18)28-20-11-7-6-10-19(20)25(29)30/h3-11,14-16H,13H2,1-2H3. The fraction of sp³-hybridized carbons (Fsp3) is 0.120. The summed E-state index contributed by atoms with van der Waals surface area (Å²) in [5, 5.41) is 13.7. The molecule has 4 aromatic rings. The Kier molecular flexibility index (Phi) is 6.32. The van der Waals surface area contributed by atoms with E-state index in [0.29, 0.717) is 39.5 Å². The second-order valence-corrected chi connectivity index (χ2v) is 6.88. The summed E-state index contributed by atoms with van der Waals surface area (Å²) in [5.41, 5.74) is 1.67. The van der Waals surface area contributed by atoms with Crippen molar-refractivity contribution < 1.29 is 14.2 Å². The largest absolute Gasteiger partial charge is 0.493 e. The lowest BCUT2D eigenvalue weighted by Gasteiger charge is -2.13. The van der Waals surface area contributed by atoms with Gasteiger partial charge in [-0.05, 0) is 24.3 Å². The van der Waals surface area contributed by atoms with Gasteiger partial charge in [-0.2, -0.15) is 15.0 Å². The molecule has 1 aromatic heterocycles. The van der Waals surface area contributed by atoms with Crippen LogP contribution in [0.15, 0.2) is 76.6 Å². The maximum absolute atomic E-state index is 13.3. The normalized spacial score (nSPS) is 10.8. The molecule has 0 aliphatic rings. The number of nitriles is 1. The molecule has 0 aliphatic heterocycles. The van der Waals surface area contributed by atoms with E-state index in [0.717, 1.165) is 5.56 Å². The van der Waals surface area contributed by atoms with Crippen LogP contribution < -0.4 is 19.8 Å². The second-order valence-electron chi connectivity index (χ2n) is 6.88. The molecule has 0 N–H and O–H groups in total. The predicted octanol–water partition coefficient (Wildman–Crippen LogP) is 3.87. The van der Waals surface area contributed by atoms with Gasteiger partial charge in [-0.3, -0.25) is 4.79 Å². The Hall–Kier alpha value is -4.64. The fourth-order valence-electron chi connectivity index (χ4n) is 3.35. The summed E-state index contributed by atoms with van der Waals surface area (Å²) in [5.74, 6) is 1.48. The van der Waals surface area contributed by atoms with Crippen LogP contribution in [0.5, 0.6) is 17.2 Å². The van der Waals surface area contributed by atoms with Crippen molar-refractivity contribution in [1.29, 1.82) is 5.26 Å². The van der Waals surface area contributed by atoms with Crippen LogP contribution in [-0.2, 0) is 0 Å². The highest BCUT2D eigenvalue weighted by Gasteiger charge is 2.15. The molecule has 0 saturated heterocycles. The molecular weight excluding hydrogens is 420 g/mol. The summed E-state index contributed by atoms with van der Waals surface area (Å²) < 4.78 is 17.5. The number of hydrogen-bond acceptors (Lipinski definition) is 7. The first-order valence-corrected chi connectivity index (χ1v) is 10.0. The Morgan fingerprint density at radius 2 is 1.70 bits per heavy atom. The summed E-state index contributed by atoms with van der Waals surface area (Å²) in [6.45, 7) is -0.154. The minimum atomic E-state index is -0.288. The quantitative estimate of drug-likeness (QED) is 0.405. The molecule has 0 radical (unpaired) electrons. The highest BCUT2D eigenvalue weighted by atomic mass is 16.5. The van der Waals surface area contributed by atoms with Gasteiger partial charge in [0.2, 0.25) is 5.75 Å². The van der Waals surface area contributed by atoms with Gasteiger partial charge in [0, 0.05) is 11.1 Å². The first-order chi connectivity index (χ1) is 16.2. The van der Waals surface area contributed by atoms with Crippen molar-refractivity contribution in [2.45, 2.75) is 0 Å². The van der Waals surface area contributed by atoms with Crippen LogP contribution in [0.25, 0.3) is 22.3 Å². The number of fused-ring (bicyclic) bond motifs is 1. The smallest absolute Gasteiger partial charge is 0.282 e. The Morgan fingerprint density at radius 1 is 1.03 bits per heavy atom. The molecule has 4 rings (SSSR count). The highest BCUT2D eigenvalue weighted by Crippen LogP contribution is 2.38. The number of ether oxygens (including phenoxy) is 3. The third-order valence-electron chi connectivity index (χ3n) is 4.87. The molecular formula is C25H20N4O4. The minimum absolute atomic E-state index is 0.154. The van der Waals surface area contributed by atoms with Crippen molar-refractivity contribution in [2.75, 3.05) is 20.8 Å². The zero-order valence-corrected chi connectivity index (χ0v) is 18.1. The molecule has 1 heterocycles. The molecule has 3 aromatic carbocycles. The first-order valence-electron chi connectivity index (χ1n) is 10.0. The number of para-hydroxylation sites is 1. The molecule has 164 valence electrons. The van der Waals surface area contributed by atoms with E-state index in [4.69, 9.17) is 19.5 Å². The topological polar surface area (TPSA) is 98.7 Å². The van der Waals surface area contributed by atoms with Gasteiger partial charge in [0.15, 0.2) is 23.9 Å². The Balaban J connectivity index is 1.85. The minimum Gasteiger partial charge on any atom is -0.493 e. The molecule has 0 amide bonds. The van der Waals surface area contributed by atoms with Crippen molar-refractivity contribution in [2.24, 2.45) is 5.10 Å². The lowest BCUT2D eigenvalue weighted by atomic mass is 10.2. The SMILES string of the molecule is COc1cc(C=Nn2c(-c3ccccc3)nc3ccccc3c2=O)cc(OC)c1OCC#N. The maximum atomic E-state index is 13.3. The zero-order valence-electron chi connectivity index (χ0n) is 18.1. The molecule has 0 fully saturated rings. The molecule has 0 unspecified atom stereocenters. The Labute approximate surface area is 189 Å². The third-order valence-corrected chi connectivity index (χ3v) is 4.87. The van der Waals surface area contributed by atoms with Gasteiger partial charge < -0.3 is 14.2 Å². The lowest BCUT2D eigenvalue weighted by Crippen LogP contribution is -2.20. The van der Waals surface area contributed by atoms with E-state index in [9.17, 15) is 4.79 Å². The number of rotatable bonds is 7. The van der Waals surface area contributed by atoms with E-state index in [1.54, 1.807) is 30.3 Å². The molecule has 33 heavy (non-hydrogen) atoms. The van der Waals surface area contributed by atoms with Crippen LogP contribution in [0.1, 0.15) is 5.56 Å². The number of aromatic nitrogens is 2. The Morgan fingerprint density at radius 3 is 2.36 bits per heavy atom. The number of methoxy groups -OCH3 is 2. The number of benzene rings is 3. The van der Waals surface area contributed by atoms with E-state index < -0.39 is 0 Å². The summed E-state index contributed by atoms with van der Waals surface area (Å²) in [6, 6.07) is 21.8. The first kappa shape index (κ1) is 21.6. The van der Waals surface area contributed by atoms with E-state index in [-0.39, 0.29) is 12.2 Å². The van der Waals surface area contributed by atoms with E-state index in [1.807, 2.05) is 42.5 Å². The maximum Gasteiger partial charge on any atom is 0.282 e.